The van der Waals surface area contributed by atoms with E-state index in [1.54, 1.807) is 0 Å². The van der Waals surface area contributed by atoms with Crippen LogP contribution in [0.25, 0.3) is 0 Å². The molecule has 1 aromatic rings. The van der Waals surface area contributed by atoms with Crippen molar-refractivity contribution in [2.75, 3.05) is 0 Å². The first-order chi connectivity index (χ1) is 6.29. The van der Waals surface area contributed by atoms with Gasteiger partial charge in [0.05, 0.1) is 0 Å². The summed E-state index contributed by atoms with van der Waals surface area (Å²) >= 11 is 0. The Kier molecular flexibility index (Phi) is 4.59. The minimum atomic E-state index is 1.33. The van der Waals surface area contributed by atoms with Crippen LogP contribution in [0.3, 0.4) is 0 Å². The van der Waals surface area contributed by atoms with E-state index in [4.69, 9.17) is 0 Å². The van der Waals surface area contributed by atoms with Gasteiger partial charge in [-0.3, -0.25) is 0 Å². The first kappa shape index (κ1) is 10.3. The maximum absolute atomic E-state index is 2.12. The van der Waals surface area contributed by atoms with E-state index in [1.165, 1.54) is 43.2 Å². The Morgan fingerprint density at radius 3 is 1.08 bits per heavy atom. The van der Waals surface area contributed by atoms with Crippen LogP contribution >= 0.6 is 0 Å². The topological polar surface area (TPSA) is 0 Å². The Morgan fingerprint density at radius 1 is 0.615 bits per heavy atom. The Balaban J connectivity index is 0.000000145. The van der Waals surface area contributed by atoms with Crippen molar-refractivity contribution in [1.82, 2.24) is 0 Å². The Hall–Kier alpha value is -0.780. The van der Waals surface area contributed by atoms with E-state index >= 15 is 0 Å². The second-order valence-electron chi connectivity index (χ2n) is 3.92. The molecule has 13 heavy (non-hydrogen) atoms. The van der Waals surface area contributed by atoms with Gasteiger partial charge in [0, 0.05) is 0 Å². The maximum atomic E-state index is 2.12. The highest BCUT2D eigenvalue weighted by molar-refractivity contribution is 5.19. The lowest BCUT2D eigenvalue weighted by molar-refractivity contribution is 0.886. The second-order valence-corrected chi connectivity index (χ2v) is 3.92. The average molecular weight is 176 g/mol. The fourth-order valence-electron chi connectivity index (χ4n) is 1.52. The van der Waals surface area contributed by atoms with E-state index in [0.717, 1.165) is 0 Å². The van der Waals surface area contributed by atoms with Crippen LogP contribution < -0.4 is 0 Å². The molecule has 1 fully saturated rings. The molecule has 0 aromatic heterocycles. The molecule has 0 aliphatic heterocycles. The Morgan fingerprint density at radius 2 is 0.846 bits per heavy atom. The fourth-order valence-corrected chi connectivity index (χ4v) is 1.52. The predicted octanol–water partition coefficient (Wildman–Crippen LogP) is 4.25. The van der Waals surface area contributed by atoms with Crippen LogP contribution in [0.2, 0.25) is 0 Å². The van der Waals surface area contributed by atoms with Crippen molar-refractivity contribution in [3.63, 3.8) is 0 Å². The number of aryl methyl sites for hydroxylation is 2. The summed E-state index contributed by atoms with van der Waals surface area (Å²) in [4.78, 5) is 0. The summed E-state index contributed by atoms with van der Waals surface area (Å²) in [5.74, 6) is 0. The molecule has 72 valence electrons. The molecule has 0 radical (unpaired) electrons. The average Bonchev–Trinajstić information content (AvgIpc) is 2.68. The molecule has 0 bridgehead atoms. The van der Waals surface area contributed by atoms with E-state index in [0.29, 0.717) is 0 Å². The molecule has 2 rings (SSSR count). The van der Waals surface area contributed by atoms with Crippen LogP contribution in [0.15, 0.2) is 24.3 Å². The standard InChI is InChI=1S/C8H10.C5H10/c1-7-3-5-8(2)6-4-7;1-2-4-5-3-1/h3-6H,1-2H3;1-5H2. The summed E-state index contributed by atoms with van der Waals surface area (Å²) in [6.07, 6.45) is 7.50. The predicted molar refractivity (Wildman–Crippen MR) is 59.0 cm³/mol. The molecular formula is C13H20. The van der Waals surface area contributed by atoms with Gasteiger partial charge in [0.25, 0.3) is 0 Å². The highest BCUT2D eigenvalue weighted by Gasteiger charge is 1.95. The number of hydrogen-bond donors (Lipinski definition) is 0. The van der Waals surface area contributed by atoms with Crippen molar-refractivity contribution >= 4 is 0 Å². The Labute approximate surface area is 82.0 Å². The highest BCUT2D eigenvalue weighted by atomic mass is 14.0. The van der Waals surface area contributed by atoms with Crippen LogP contribution in [0.4, 0.5) is 0 Å². The van der Waals surface area contributed by atoms with Crippen LogP contribution in [-0.2, 0) is 0 Å². The number of benzene rings is 1. The van der Waals surface area contributed by atoms with Crippen LogP contribution in [0.1, 0.15) is 43.2 Å². The first-order valence-electron chi connectivity index (χ1n) is 5.32. The highest BCUT2D eigenvalue weighted by Crippen LogP contribution is 2.15. The summed E-state index contributed by atoms with van der Waals surface area (Å²) < 4.78 is 0. The van der Waals surface area contributed by atoms with Gasteiger partial charge in [-0.15, -0.1) is 0 Å². The van der Waals surface area contributed by atoms with Crippen molar-refractivity contribution in [2.24, 2.45) is 0 Å². The molecule has 0 spiro atoms. The van der Waals surface area contributed by atoms with Crippen molar-refractivity contribution in [3.05, 3.63) is 35.4 Å². The molecule has 0 heterocycles. The van der Waals surface area contributed by atoms with Gasteiger partial charge >= 0.3 is 0 Å². The molecule has 0 N–H and O–H groups in total. The van der Waals surface area contributed by atoms with Crippen molar-refractivity contribution in [3.8, 4) is 0 Å². The quantitative estimate of drug-likeness (QED) is 0.554. The molecule has 0 amide bonds. The Bertz CT molecular complexity index is 188. The molecule has 0 atom stereocenters. The van der Waals surface area contributed by atoms with E-state index < -0.39 is 0 Å². The zero-order chi connectivity index (χ0) is 9.52. The molecule has 0 saturated heterocycles. The van der Waals surface area contributed by atoms with Gasteiger partial charge in [-0.2, -0.15) is 0 Å². The molecule has 1 aliphatic carbocycles. The third kappa shape index (κ3) is 4.72. The summed E-state index contributed by atoms with van der Waals surface area (Å²) in [5.41, 5.74) is 2.66. The van der Waals surface area contributed by atoms with Gasteiger partial charge < -0.3 is 0 Å². The summed E-state index contributed by atoms with van der Waals surface area (Å²) in [6.45, 7) is 4.19. The molecule has 0 nitrogen and oxygen atoms in total. The minimum Gasteiger partial charge on any atom is -0.0591 e. The molecule has 1 aromatic carbocycles. The lowest BCUT2D eigenvalue weighted by atomic mass is 10.2. The second kappa shape index (κ2) is 5.80. The maximum Gasteiger partial charge on any atom is -0.0398 e. The van der Waals surface area contributed by atoms with Crippen LogP contribution in [-0.4, -0.2) is 0 Å². The smallest absolute Gasteiger partial charge is 0.0398 e. The lowest BCUT2D eigenvalue weighted by Crippen LogP contribution is -1.70. The zero-order valence-electron chi connectivity index (χ0n) is 8.84. The van der Waals surface area contributed by atoms with E-state index in [9.17, 15) is 0 Å². The molecular weight excluding hydrogens is 156 g/mol. The summed E-state index contributed by atoms with van der Waals surface area (Å²) in [5, 5.41) is 0. The van der Waals surface area contributed by atoms with Gasteiger partial charge in [0.2, 0.25) is 0 Å². The molecule has 1 saturated carbocycles. The van der Waals surface area contributed by atoms with Crippen molar-refractivity contribution in [1.29, 1.82) is 0 Å². The third-order valence-corrected chi connectivity index (χ3v) is 2.47. The largest absolute Gasteiger partial charge is 0.0591 e. The van der Waals surface area contributed by atoms with Gasteiger partial charge in [0.1, 0.15) is 0 Å². The van der Waals surface area contributed by atoms with Gasteiger partial charge in [-0.05, 0) is 13.8 Å². The minimum absolute atomic E-state index is 1.33. The van der Waals surface area contributed by atoms with E-state index in [-0.39, 0.29) is 0 Å². The van der Waals surface area contributed by atoms with Crippen molar-refractivity contribution < 1.29 is 0 Å². The van der Waals surface area contributed by atoms with E-state index in [1.807, 2.05) is 0 Å². The lowest BCUT2D eigenvalue weighted by Gasteiger charge is -1.90. The van der Waals surface area contributed by atoms with Crippen molar-refractivity contribution in [2.45, 2.75) is 46.0 Å². The van der Waals surface area contributed by atoms with Gasteiger partial charge in [-0.25, -0.2) is 0 Å². The van der Waals surface area contributed by atoms with Crippen LogP contribution in [0.5, 0.6) is 0 Å². The normalized spacial score (nSPS) is 14.9. The third-order valence-electron chi connectivity index (χ3n) is 2.47. The van der Waals surface area contributed by atoms with Gasteiger partial charge in [0.15, 0.2) is 0 Å². The fraction of sp³-hybridized carbons (Fsp3) is 0.538. The molecule has 0 unspecified atom stereocenters. The van der Waals surface area contributed by atoms with Crippen LogP contribution in [0, 0.1) is 13.8 Å². The van der Waals surface area contributed by atoms with Gasteiger partial charge in [-0.1, -0.05) is 67.5 Å². The first-order valence-corrected chi connectivity index (χ1v) is 5.32. The number of hydrogen-bond acceptors (Lipinski definition) is 0. The van der Waals surface area contributed by atoms with E-state index in [2.05, 4.69) is 38.1 Å². The SMILES string of the molecule is C1CCCC1.Cc1ccc(C)cc1. The zero-order valence-corrected chi connectivity index (χ0v) is 8.84. The summed E-state index contributed by atoms with van der Waals surface area (Å²) in [7, 11) is 0. The monoisotopic (exact) mass is 176 g/mol. The molecule has 1 aliphatic rings. The number of rotatable bonds is 0. The molecule has 0 heteroatoms. The summed E-state index contributed by atoms with van der Waals surface area (Å²) in [6, 6.07) is 8.48.